The maximum absolute atomic E-state index is 8.90. The molecule has 0 amide bonds. The minimum absolute atomic E-state index is 0.222. The summed E-state index contributed by atoms with van der Waals surface area (Å²) in [5.41, 5.74) is 6.06. The zero-order valence-electron chi connectivity index (χ0n) is 11.7. The first-order valence-electron chi connectivity index (χ1n) is 7.79. The van der Waals surface area contributed by atoms with Crippen LogP contribution in [0.1, 0.15) is 44.0 Å². The predicted octanol–water partition coefficient (Wildman–Crippen LogP) is 1.72. The van der Waals surface area contributed by atoms with Crippen molar-refractivity contribution in [2.45, 2.75) is 38.1 Å². The van der Waals surface area contributed by atoms with Gasteiger partial charge in [0.2, 0.25) is 0 Å². The first-order valence-corrected chi connectivity index (χ1v) is 7.79. The Morgan fingerprint density at radius 3 is 2.40 bits per heavy atom. The number of nitrogens with two attached hydrogens (primary N) is 1. The fraction of sp³-hybridized carbons (Fsp3) is 0.800. The molecular weight excluding hydrogens is 250 g/mol. The summed E-state index contributed by atoms with van der Waals surface area (Å²) in [7, 11) is 0. The van der Waals surface area contributed by atoms with Crippen LogP contribution in [0.4, 0.5) is 0 Å². The van der Waals surface area contributed by atoms with Crippen LogP contribution in [0.5, 0.6) is 0 Å². The molecule has 0 aliphatic heterocycles. The molecule has 5 heteroatoms. The summed E-state index contributed by atoms with van der Waals surface area (Å²) in [6, 6.07) is 2.23. The quantitative estimate of drug-likeness (QED) is 0.907. The molecule has 5 rings (SSSR count). The Balaban J connectivity index is 1.63. The molecule has 0 radical (unpaired) electrons. The number of hydrogen-bond acceptors (Lipinski definition) is 4. The minimum Gasteiger partial charge on any atom is -0.328 e. The SMILES string of the molecule is N#Cc1ncn(C(CN)C2C3CC4CC(C3)CC2C4)n1. The van der Waals surface area contributed by atoms with Gasteiger partial charge in [0.15, 0.2) is 0 Å². The van der Waals surface area contributed by atoms with Crippen LogP contribution in [-0.2, 0) is 0 Å². The summed E-state index contributed by atoms with van der Waals surface area (Å²) in [6.45, 7) is 0.598. The molecule has 2 N–H and O–H groups in total. The molecule has 1 unspecified atom stereocenters. The molecule has 20 heavy (non-hydrogen) atoms. The number of nitrogens with zero attached hydrogens (tertiary/aromatic N) is 4. The van der Waals surface area contributed by atoms with E-state index in [4.69, 9.17) is 11.0 Å². The van der Waals surface area contributed by atoms with E-state index in [9.17, 15) is 0 Å². The third-order valence-corrected chi connectivity index (χ3v) is 5.93. The lowest BCUT2D eigenvalue weighted by molar-refractivity contribution is -0.0587. The van der Waals surface area contributed by atoms with Gasteiger partial charge in [0.25, 0.3) is 5.82 Å². The van der Waals surface area contributed by atoms with Crippen LogP contribution in [0, 0.1) is 40.9 Å². The van der Waals surface area contributed by atoms with Crippen molar-refractivity contribution in [2.24, 2.45) is 35.3 Å². The van der Waals surface area contributed by atoms with E-state index in [0.717, 1.165) is 23.7 Å². The van der Waals surface area contributed by atoms with Crippen LogP contribution in [-0.4, -0.2) is 21.3 Å². The molecule has 1 atom stereocenters. The Morgan fingerprint density at radius 1 is 1.25 bits per heavy atom. The molecule has 1 aromatic heterocycles. The van der Waals surface area contributed by atoms with Gasteiger partial charge in [-0.05, 0) is 61.7 Å². The molecule has 4 aliphatic carbocycles. The van der Waals surface area contributed by atoms with E-state index < -0.39 is 0 Å². The molecule has 4 fully saturated rings. The van der Waals surface area contributed by atoms with Gasteiger partial charge >= 0.3 is 0 Å². The van der Waals surface area contributed by atoms with E-state index in [1.54, 1.807) is 6.33 Å². The number of rotatable bonds is 3. The summed E-state index contributed by atoms with van der Waals surface area (Å²) < 4.78 is 1.87. The van der Waals surface area contributed by atoms with Crippen molar-refractivity contribution in [1.29, 1.82) is 5.26 Å². The van der Waals surface area contributed by atoms with E-state index >= 15 is 0 Å². The first-order chi connectivity index (χ1) is 9.78. The van der Waals surface area contributed by atoms with Crippen LogP contribution >= 0.6 is 0 Å². The van der Waals surface area contributed by atoms with E-state index in [2.05, 4.69) is 10.1 Å². The second kappa shape index (κ2) is 4.56. The van der Waals surface area contributed by atoms with Gasteiger partial charge in [0.1, 0.15) is 12.4 Å². The molecule has 1 heterocycles. The molecule has 0 saturated heterocycles. The topological polar surface area (TPSA) is 80.5 Å². The second-order valence-corrected chi connectivity index (χ2v) is 6.97. The van der Waals surface area contributed by atoms with Crippen molar-refractivity contribution in [3.05, 3.63) is 12.2 Å². The van der Waals surface area contributed by atoms with Crippen LogP contribution in [0.2, 0.25) is 0 Å². The molecule has 4 saturated carbocycles. The van der Waals surface area contributed by atoms with Gasteiger partial charge in [-0.3, -0.25) is 0 Å². The third-order valence-electron chi connectivity index (χ3n) is 5.93. The summed E-state index contributed by atoms with van der Waals surface area (Å²) in [5.74, 6) is 4.47. The maximum Gasteiger partial charge on any atom is 0.252 e. The monoisotopic (exact) mass is 271 g/mol. The molecule has 1 aromatic rings. The van der Waals surface area contributed by atoms with Gasteiger partial charge in [-0.25, -0.2) is 9.67 Å². The average molecular weight is 271 g/mol. The Hall–Kier alpha value is -1.41. The fourth-order valence-electron chi connectivity index (χ4n) is 5.52. The van der Waals surface area contributed by atoms with Crippen molar-refractivity contribution < 1.29 is 0 Å². The molecule has 0 spiro atoms. The standard InChI is InChI=1S/C15H21N5/c16-6-13(20-8-18-14(7-17)19-20)15-11-2-9-1-10(4-11)5-12(15)3-9/h8-13,15H,1-6,16H2. The lowest BCUT2D eigenvalue weighted by Crippen LogP contribution is -2.49. The zero-order chi connectivity index (χ0) is 13.7. The first kappa shape index (κ1) is 12.3. The van der Waals surface area contributed by atoms with E-state index in [1.165, 1.54) is 32.1 Å². The Kier molecular flexibility index (Phi) is 2.81. The van der Waals surface area contributed by atoms with Gasteiger partial charge < -0.3 is 5.73 Å². The zero-order valence-corrected chi connectivity index (χ0v) is 11.7. The molecule has 5 nitrogen and oxygen atoms in total. The fourth-order valence-corrected chi connectivity index (χ4v) is 5.52. The summed E-state index contributed by atoms with van der Waals surface area (Å²) in [6.07, 6.45) is 8.69. The normalized spacial score (nSPS) is 39.7. The summed E-state index contributed by atoms with van der Waals surface area (Å²) in [5, 5.41) is 13.2. The summed E-state index contributed by atoms with van der Waals surface area (Å²) >= 11 is 0. The van der Waals surface area contributed by atoms with Crippen LogP contribution in [0.3, 0.4) is 0 Å². The van der Waals surface area contributed by atoms with Gasteiger partial charge in [-0.15, -0.1) is 5.10 Å². The lowest BCUT2D eigenvalue weighted by atomic mass is 9.50. The highest BCUT2D eigenvalue weighted by atomic mass is 15.3. The lowest BCUT2D eigenvalue weighted by Gasteiger charge is -2.56. The van der Waals surface area contributed by atoms with Crippen LogP contribution < -0.4 is 5.73 Å². The third kappa shape index (κ3) is 1.78. The van der Waals surface area contributed by atoms with Gasteiger partial charge in [0, 0.05) is 6.54 Å². The highest BCUT2D eigenvalue weighted by molar-refractivity contribution is 5.07. The molecule has 106 valence electrons. The van der Waals surface area contributed by atoms with E-state index in [1.807, 2.05) is 10.8 Å². The van der Waals surface area contributed by atoms with E-state index in [0.29, 0.717) is 12.5 Å². The van der Waals surface area contributed by atoms with Gasteiger partial charge in [-0.2, -0.15) is 5.26 Å². The van der Waals surface area contributed by atoms with Crippen LogP contribution in [0.15, 0.2) is 6.33 Å². The number of hydrogen-bond donors (Lipinski definition) is 1. The van der Waals surface area contributed by atoms with E-state index in [-0.39, 0.29) is 11.9 Å². The molecule has 4 aliphatic rings. The van der Waals surface area contributed by atoms with Crippen molar-refractivity contribution in [1.82, 2.24) is 14.8 Å². The highest BCUT2D eigenvalue weighted by Gasteiger charge is 2.50. The smallest absolute Gasteiger partial charge is 0.252 e. The molecular formula is C15H21N5. The second-order valence-electron chi connectivity index (χ2n) is 6.97. The summed E-state index contributed by atoms with van der Waals surface area (Å²) in [4.78, 5) is 4.05. The van der Waals surface area contributed by atoms with Crippen LogP contribution in [0.25, 0.3) is 0 Å². The van der Waals surface area contributed by atoms with Crippen molar-refractivity contribution in [3.63, 3.8) is 0 Å². The number of aromatic nitrogens is 3. The van der Waals surface area contributed by atoms with Crippen molar-refractivity contribution in [2.75, 3.05) is 6.54 Å². The maximum atomic E-state index is 8.90. The molecule has 4 bridgehead atoms. The van der Waals surface area contributed by atoms with Crippen molar-refractivity contribution in [3.8, 4) is 6.07 Å². The Morgan fingerprint density at radius 2 is 1.90 bits per heavy atom. The number of nitriles is 1. The van der Waals surface area contributed by atoms with Gasteiger partial charge in [-0.1, -0.05) is 0 Å². The average Bonchev–Trinajstić information content (AvgIpc) is 2.90. The van der Waals surface area contributed by atoms with Crippen molar-refractivity contribution >= 4 is 0 Å². The largest absolute Gasteiger partial charge is 0.328 e. The van der Waals surface area contributed by atoms with Gasteiger partial charge in [0.05, 0.1) is 6.04 Å². The Labute approximate surface area is 119 Å². The highest BCUT2D eigenvalue weighted by Crippen LogP contribution is 2.58. The molecule has 0 aromatic carbocycles. The minimum atomic E-state index is 0.222. The Bertz CT molecular complexity index is 515. The predicted molar refractivity (Wildman–Crippen MR) is 73.4 cm³/mol.